The van der Waals surface area contributed by atoms with E-state index in [9.17, 15) is 0 Å². The van der Waals surface area contributed by atoms with E-state index in [4.69, 9.17) is 16.3 Å². The molecule has 1 saturated heterocycles. The van der Waals surface area contributed by atoms with Crippen molar-refractivity contribution in [3.8, 4) is 5.75 Å². The predicted molar refractivity (Wildman–Crippen MR) is 122 cm³/mol. The van der Waals surface area contributed by atoms with Gasteiger partial charge in [0, 0.05) is 10.6 Å². The number of nitrogens with one attached hydrogen (secondary N) is 1. The highest BCUT2D eigenvalue weighted by atomic mass is 35.5. The van der Waals surface area contributed by atoms with Crippen LogP contribution in [0.1, 0.15) is 16.7 Å². The smallest absolute Gasteiger partial charge is 0.120 e. The molecule has 3 aromatic rings. The van der Waals surface area contributed by atoms with Crippen molar-refractivity contribution in [3.05, 3.63) is 101 Å². The molecule has 0 bridgehead atoms. The quantitative estimate of drug-likeness (QED) is 0.591. The van der Waals surface area contributed by atoms with E-state index in [1.165, 1.54) is 5.56 Å². The van der Waals surface area contributed by atoms with E-state index in [2.05, 4.69) is 40.4 Å². The van der Waals surface area contributed by atoms with Crippen molar-refractivity contribution in [1.29, 1.82) is 0 Å². The van der Waals surface area contributed by atoms with Gasteiger partial charge in [-0.1, -0.05) is 72.3 Å². The van der Waals surface area contributed by atoms with E-state index in [1.807, 2.05) is 54.7 Å². The van der Waals surface area contributed by atoms with E-state index in [-0.39, 0.29) is 0 Å². The van der Waals surface area contributed by atoms with Gasteiger partial charge in [-0.2, -0.15) is 5.10 Å². The molecule has 154 valence electrons. The maximum absolute atomic E-state index is 6.30. The Morgan fingerprint density at radius 1 is 0.933 bits per heavy atom. The highest BCUT2D eigenvalue weighted by Crippen LogP contribution is 2.15. The first-order valence-electron chi connectivity index (χ1n) is 10.4. The van der Waals surface area contributed by atoms with Gasteiger partial charge >= 0.3 is 0 Å². The lowest BCUT2D eigenvalue weighted by Crippen LogP contribution is -3.13. The molecule has 5 heteroatoms. The van der Waals surface area contributed by atoms with Crippen LogP contribution in [0.5, 0.6) is 5.75 Å². The molecule has 0 aliphatic carbocycles. The Bertz CT molecular complexity index is 969. The number of hydrogen-bond acceptors (Lipinski definition) is 3. The Hall–Kier alpha value is -2.82. The van der Waals surface area contributed by atoms with Crippen molar-refractivity contribution in [3.63, 3.8) is 0 Å². The molecule has 1 heterocycles. The average molecular weight is 421 g/mol. The molecule has 0 amide bonds. The normalized spacial score (nSPS) is 14.9. The number of ether oxygens (including phenoxy) is 1. The lowest BCUT2D eigenvalue weighted by molar-refractivity contribution is -0.918. The molecule has 4 rings (SSSR count). The van der Waals surface area contributed by atoms with Crippen molar-refractivity contribution in [1.82, 2.24) is 5.01 Å². The minimum Gasteiger partial charge on any atom is -0.489 e. The van der Waals surface area contributed by atoms with Crippen LogP contribution in [-0.2, 0) is 13.2 Å². The van der Waals surface area contributed by atoms with E-state index in [1.54, 1.807) is 4.90 Å². The van der Waals surface area contributed by atoms with Crippen LogP contribution in [0.4, 0.5) is 0 Å². The topological polar surface area (TPSA) is 29.3 Å². The molecule has 1 fully saturated rings. The third-order valence-electron chi connectivity index (χ3n) is 5.32. The molecule has 30 heavy (non-hydrogen) atoms. The molecule has 0 radical (unpaired) electrons. The zero-order valence-corrected chi connectivity index (χ0v) is 17.8. The molecule has 1 N–H and O–H groups in total. The second-order valence-corrected chi connectivity index (χ2v) is 7.97. The molecular weight excluding hydrogens is 394 g/mol. The van der Waals surface area contributed by atoms with E-state index in [0.29, 0.717) is 6.61 Å². The summed E-state index contributed by atoms with van der Waals surface area (Å²) in [6.45, 7) is 5.54. The van der Waals surface area contributed by atoms with Crippen LogP contribution in [0.3, 0.4) is 0 Å². The summed E-state index contributed by atoms with van der Waals surface area (Å²) in [5.41, 5.74) is 3.43. The first-order chi connectivity index (χ1) is 14.8. The first-order valence-corrected chi connectivity index (χ1v) is 10.8. The fourth-order valence-corrected chi connectivity index (χ4v) is 3.79. The Morgan fingerprint density at radius 3 is 2.50 bits per heavy atom. The van der Waals surface area contributed by atoms with Crippen molar-refractivity contribution >= 4 is 17.8 Å². The monoisotopic (exact) mass is 420 g/mol. The Labute approximate surface area is 183 Å². The minimum absolute atomic E-state index is 0.567. The summed E-state index contributed by atoms with van der Waals surface area (Å²) in [6, 6.07) is 26.4. The second-order valence-electron chi connectivity index (χ2n) is 7.56. The number of hydrogen-bond donors (Lipinski definition) is 1. The molecule has 4 nitrogen and oxygen atoms in total. The van der Waals surface area contributed by atoms with Crippen LogP contribution in [-0.4, -0.2) is 37.4 Å². The second kappa shape index (κ2) is 10.3. The Kier molecular flexibility index (Phi) is 7.01. The highest BCUT2D eigenvalue weighted by Gasteiger charge is 2.19. The summed E-state index contributed by atoms with van der Waals surface area (Å²) in [6.07, 6.45) is 1.93. The molecular formula is C25H27ClN3O+. The SMILES string of the molecule is Clc1ccccc1C[NH+]1CCN(/N=C/c2cccc(OCc3ccccc3)c2)CC1. The van der Waals surface area contributed by atoms with Gasteiger partial charge in [-0.05, 0) is 29.3 Å². The van der Waals surface area contributed by atoms with Crippen LogP contribution in [0.2, 0.25) is 5.02 Å². The maximum atomic E-state index is 6.30. The summed E-state index contributed by atoms with van der Waals surface area (Å²) in [5.74, 6) is 0.858. The lowest BCUT2D eigenvalue weighted by atomic mass is 10.2. The van der Waals surface area contributed by atoms with Crippen molar-refractivity contribution < 1.29 is 9.64 Å². The summed E-state index contributed by atoms with van der Waals surface area (Å²) in [4.78, 5) is 1.55. The molecule has 0 saturated carbocycles. The molecule has 0 atom stereocenters. The number of halogens is 1. The fraction of sp³-hybridized carbons (Fsp3) is 0.240. The average Bonchev–Trinajstić information content (AvgIpc) is 2.80. The third-order valence-corrected chi connectivity index (χ3v) is 5.69. The van der Waals surface area contributed by atoms with Crippen LogP contribution < -0.4 is 9.64 Å². The van der Waals surface area contributed by atoms with Gasteiger partial charge in [0.15, 0.2) is 0 Å². The first kappa shape index (κ1) is 20.5. The number of piperazine rings is 1. The van der Waals surface area contributed by atoms with Crippen molar-refractivity contribution in [2.45, 2.75) is 13.2 Å². The molecule has 0 spiro atoms. The molecule has 3 aromatic carbocycles. The van der Waals surface area contributed by atoms with Crippen molar-refractivity contribution in [2.24, 2.45) is 5.10 Å². The van der Waals surface area contributed by atoms with E-state index < -0.39 is 0 Å². The van der Waals surface area contributed by atoms with E-state index in [0.717, 1.165) is 54.6 Å². The van der Waals surface area contributed by atoms with Crippen LogP contribution in [0, 0.1) is 0 Å². The zero-order chi connectivity index (χ0) is 20.6. The minimum atomic E-state index is 0.567. The van der Waals surface area contributed by atoms with Crippen LogP contribution >= 0.6 is 11.6 Å². The van der Waals surface area contributed by atoms with Gasteiger partial charge in [-0.3, -0.25) is 5.01 Å². The highest BCUT2D eigenvalue weighted by molar-refractivity contribution is 6.31. The summed E-state index contributed by atoms with van der Waals surface area (Å²) >= 11 is 6.30. The Balaban J connectivity index is 1.27. The largest absolute Gasteiger partial charge is 0.489 e. The van der Waals surface area contributed by atoms with Gasteiger partial charge in [0.2, 0.25) is 0 Å². The third kappa shape index (κ3) is 5.85. The summed E-state index contributed by atoms with van der Waals surface area (Å²) in [7, 11) is 0. The van der Waals surface area contributed by atoms with Gasteiger partial charge in [-0.25, -0.2) is 0 Å². The van der Waals surface area contributed by atoms with Crippen molar-refractivity contribution in [2.75, 3.05) is 26.2 Å². The number of rotatable bonds is 7. The zero-order valence-electron chi connectivity index (χ0n) is 17.0. The molecule has 0 unspecified atom stereocenters. The molecule has 1 aliphatic heterocycles. The predicted octanol–water partition coefficient (Wildman–Crippen LogP) is 3.65. The van der Waals surface area contributed by atoms with Gasteiger partial charge in [0.1, 0.15) is 18.9 Å². The fourth-order valence-electron chi connectivity index (χ4n) is 3.59. The summed E-state index contributed by atoms with van der Waals surface area (Å²) in [5, 5.41) is 7.69. The molecule has 1 aliphatic rings. The summed E-state index contributed by atoms with van der Waals surface area (Å²) < 4.78 is 5.92. The van der Waals surface area contributed by atoms with Gasteiger partial charge in [-0.15, -0.1) is 0 Å². The number of benzene rings is 3. The van der Waals surface area contributed by atoms with E-state index >= 15 is 0 Å². The van der Waals surface area contributed by atoms with Gasteiger partial charge in [0.25, 0.3) is 0 Å². The maximum Gasteiger partial charge on any atom is 0.120 e. The molecule has 0 aromatic heterocycles. The van der Waals surface area contributed by atoms with Crippen LogP contribution in [0.25, 0.3) is 0 Å². The number of quaternary nitrogens is 1. The van der Waals surface area contributed by atoms with Gasteiger partial charge < -0.3 is 9.64 Å². The Morgan fingerprint density at radius 2 is 1.70 bits per heavy atom. The van der Waals surface area contributed by atoms with Gasteiger partial charge in [0.05, 0.1) is 32.4 Å². The lowest BCUT2D eigenvalue weighted by Gasteiger charge is -2.30. The van der Waals surface area contributed by atoms with Crippen LogP contribution in [0.15, 0.2) is 84.0 Å². The number of nitrogens with zero attached hydrogens (tertiary/aromatic N) is 2. The number of hydrazone groups is 1. The standard InChI is InChI=1S/C25H26ClN3O/c26-25-12-5-4-10-23(25)19-28-13-15-29(16-14-28)27-18-22-9-6-11-24(17-22)30-20-21-7-2-1-3-8-21/h1-12,17-18H,13-16,19-20H2/p+1/b27-18+.